The zero-order valence-electron chi connectivity index (χ0n) is 13.0. The van der Waals surface area contributed by atoms with E-state index in [0.717, 1.165) is 30.5 Å². The SMILES string of the molecule is CCc1cccc(NC(=O)CNC(=O)CC2(O)CCCC2)c1. The second kappa shape index (κ2) is 7.40. The first-order chi connectivity index (χ1) is 10.5. The standard InChI is InChI=1S/C17H24N2O3/c1-2-13-6-5-7-14(10-13)19-16(21)12-18-15(20)11-17(22)8-3-4-9-17/h5-7,10,22H,2-4,8-9,11-12H2,1H3,(H,18,20)(H,19,21). The number of hydrogen-bond acceptors (Lipinski definition) is 3. The molecule has 1 aliphatic rings. The highest BCUT2D eigenvalue weighted by atomic mass is 16.3. The predicted octanol–water partition coefficient (Wildman–Crippen LogP) is 2.00. The third-order valence-electron chi connectivity index (χ3n) is 4.09. The highest BCUT2D eigenvalue weighted by Crippen LogP contribution is 2.32. The van der Waals surface area contributed by atoms with Crippen LogP contribution in [0.25, 0.3) is 0 Å². The molecule has 0 aliphatic heterocycles. The first-order valence-electron chi connectivity index (χ1n) is 7.89. The van der Waals surface area contributed by atoms with E-state index in [1.54, 1.807) is 0 Å². The predicted molar refractivity (Wildman–Crippen MR) is 85.5 cm³/mol. The molecule has 0 saturated heterocycles. The molecule has 1 saturated carbocycles. The van der Waals surface area contributed by atoms with E-state index in [-0.39, 0.29) is 24.8 Å². The van der Waals surface area contributed by atoms with E-state index in [0.29, 0.717) is 12.8 Å². The Balaban J connectivity index is 1.76. The van der Waals surface area contributed by atoms with E-state index in [1.165, 1.54) is 0 Å². The fourth-order valence-electron chi connectivity index (χ4n) is 2.82. The second-order valence-corrected chi connectivity index (χ2v) is 5.99. The molecule has 22 heavy (non-hydrogen) atoms. The van der Waals surface area contributed by atoms with Gasteiger partial charge in [-0.3, -0.25) is 9.59 Å². The molecule has 5 heteroatoms. The largest absolute Gasteiger partial charge is 0.389 e. The smallest absolute Gasteiger partial charge is 0.243 e. The number of benzene rings is 1. The number of carbonyl (C=O) groups excluding carboxylic acids is 2. The fraction of sp³-hybridized carbons (Fsp3) is 0.529. The molecule has 0 spiro atoms. The highest BCUT2D eigenvalue weighted by molar-refractivity contribution is 5.94. The number of hydrogen-bond donors (Lipinski definition) is 3. The number of rotatable bonds is 6. The van der Waals surface area contributed by atoms with Crippen molar-refractivity contribution in [2.24, 2.45) is 0 Å². The molecule has 1 aliphatic carbocycles. The maximum absolute atomic E-state index is 11.8. The highest BCUT2D eigenvalue weighted by Gasteiger charge is 2.33. The van der Waals surface area contributed by atoms with Crippen LogP contribution in [0.3, 0.4) is 0 Å². The van der Waals surface area contributed by atoms with E-state index in [4.69, 9.17) is 0 Å². The normalized spacial score (nSPS) is 16.3. The third-order valence-corrected chi connectivity index (χ3v) is 4.09. The summed E-state index contributed by atoms with van der Waals surface area (Å²) < 4.78 is 0. The maximum atomic E-state index is 11.8. The van der Waals surface area contributed by atoms with Gasteiger partial charge in [0.1, 0.15) is 0 Å². The molecule has 0 atom stereocenters. The molecule has 0 bridgehead atoms. The molecule has 3 N–H and O–H groups in total. The van der Waals surface area contributed by atoms with Crippen LogP contribution in [0.4, 0.5) is 5.69 Å². The molecule has 5 nitrogen and oxygen atoms in total. The van der Waals surface area contributed by atoms with Crippen molar-refractivity contribution in [2.45, 2.75) is 51.0 Å². The minimum Gasteiger partial charge on any atom is -0.389 e. The summed E-state index contributed by atoms with van der Waals surface area (Å²) in [6, 6.07) is 7.63. The van der Waals surface area contributed by atoms with Crippen molar-refractivity contribution < 1.29 is 14.7 Å². The van der Waals surface area contributed by atoms with Crippen molar-refractivity contribution in [3.63, 3.8) is 0 Å². The number of amides is 2. The molecule has 0 aromatic heterocycles. The van der Waals surface area contributed by atoms with Crippen LogP contribution >= 0.6 is 0 Å². The van der Waals surface area contributed by atoms with Crippen LogP contribution in [0, 0.1) is 0 Å². The lowest BCUT2D eigenvalue weighted by atomic mass is 9.98. The van der Waals surface area contributed by atoms with Crippen molar-refractivity contribution in [1.29, 1.82) is 0 Å². The van der Waals surface area contributed by atoms with Gasteiger partial charge in [-0.05, 0) is 37.0 Å². The lowest BCUT2D eigenvalue weighted by Gasteiger charge is -2.20. The number of carbonyl (C=O) groups is 2. The van der Waals surface area contributed by atoms with Crippen molar-refractivity contribution >= 4 is 17.5 Å². The molecule has 1 aromatic rings. The maximum Gasteiger partial charge on any atom is 0.243 e. The van der Waals surface area contributed by atoms with Crippen LogP contribution in [0.15, 0.2) is 24.3 Å². The summed E-state index contributed by atoms with van der Waals surface area (Å²) in [7, 11) is 0. The number of aliphatic hydroxyl groups is 1. The number of nitrogens with one attached hydrogen (secondary N) is 2. The van der Waals surface area contributed by atoms with E-state index in [2.05, 4.69) is 17.6 Å². The van der Waals surface area contributed by atoms with E-state index < -0.39 is 5.60 Å². The zero-order valence-corrected chi connectivity index (χ0v) is 13.0. The molecule has 1 aromatic carbocycles. The summed E-state index contributed by atoms with van der Waals surface area (Å²) >= 11 is 0. The van der Waals surface area contributed by atoms with Gasteiger partial charge < -0.3 is 15.7 Å². The van der Waals surface area contributed by atoms with Crippen LogP contribution in [0.2, 0.25) is 0 Å². The fourth-order valence-corrected chi connectivity index (χ4v) is 2.82. The van der Waals surface area contributed by atoms with Crippen molar-refractivity contribution in [1.82, 2.24) is 5.32 Å². The van der Waals surface area contributed by atoms with Gasteiger partial charge >= 0.3 is 0 Å². The minimum atomic E-state index is -0.879. The first-order valence-corrected chi connectivity index (χ1v) is 7.89. The summed E-state index contributed by atoms with van der Waals surface area (Å²) in [4.78, 5) is 23.7. The van der Waals surface area contributed by atoms with Crippen molar-refractivity contribution in [3.8, 4) is 0 Å². The van der Waals surface area contributed by atoms with E-state index in [9.17, 15) is 14.7 Å². The number of aryl methyl sites for hydroxylation is 1. The molecule has 2 amide bonds. The molecule has 120 valence electrons. The van der Waals surface area contributed by atoms with Crippen LogP contribution in [0.1, 0.15) is 44.6 Å². The van der Waals surface area contributed by atoms with E-state index >= 15 is 0 Å². The monoisotopic (exact) mass is 304 g/mol. The summed E-state index contributed by atoms with van der Waals surface area (Å²) in [6.07, 6.45) is 4.22. The van der Waals surface area contributed by atoms with Gasteiger partial charge in [-0.25, -0.2) is 0 Å². The minimum absolute atomic E-state index is 0.0750. The summed E-state index contributed by atoms with van der Waals surface area (Å²) in [5.41, 5.74) is 0.994. The zero-order chi connectivity index (χ0) is 16.0. The Hall–Kier alpha value is -1.88. The van der Waals surface area contributed by atoms with Gasteiger partial charge in [0.05, 0.1) is 18.6 Å². The van der Waals surface area contributed by atoms with Gasteiger partial charge in [-0.2, -0.15) is 0 Å². The average Bonchev–Trinajstić information content (AvgIpc) is 2.91. The number of anilines is 1. The van der Waals surface area contributed by atoms with Gasteiger partial charge in [-0.1, -0.05) is 31.9 Å². The van der Waals surface area contributed by atoms with Crippen molar-refractivity contribution in [3.05, 3.63) is 29.8 Å². The molecular weight excluding hydrogens is 280 g/mol. The molecular formula is C17H24N2O3. The van der Waals surface area contributed by atoms with Crippen molar-refractivity contribution in [2.75, 3.05) is 11.9 Å². The first kappa shape index (κ1) is 16.5. The lowest BCUT2D eigenvalue weighted by molar-refractivity contribution is -0.128. The summed E-state index contributed by atoms with van der Waals surface area (Å²) in [5.74, 6) is -0.540. The van der Waals surface area contributed by atoms with E-state index in [1.807, 2.05) is 24.3 Å². The topological polar surface area (TPSA) is 78.4 Å². The Kier molecular flexibility index (Phi) is 5.55. The molecule has 0 radical (unpaired) electrons. The van der Waals surface area contributed by atoms with Crippen LogP contribution in [-0.2, 0) is 16.0 Å². The summed E-state index contributed by atoms with van der Waals surface area (Å²) in [5, 5.41) is 15.5. The van der Waals surface area contributed by atoms with Gasteiger partial charge in [0, 0.05) is 5.69 Å². The third kappa shape index (κ3) is 4.84. The second-order valence-electron chi connectivity index (χ2n) is 5.99. The average molecular weight is 304 g/mol. The van der Waals surface area contributed by atoms with Gasteiger partial charge in [0.15, 0.2) is 0 Å². The molecule has 0 heterocycles. The Morgan fingerprint density at radius 2 is 1.95 bits per heavy atom. The quantitative estimate of drug-likeness (QED) is 0.752. The Labute approximate surface area is 131 Å². The Morgan fingerprint density at radius 1 is 1.23 bits per heavy atom. The molecule has 0 unspecified atom stereocenters. The lowest BCUT2D eigenvalue weighted by Crippen LogP contribution is -2.38. The van der Waals surface area contributed by atoms with Gasteiger partial charge in [-0.15, -0.1) is 0 Å². The summed E-state index contributed by atoms with van der Waals surface area (Å²) in [6.45, 7) is 1.97. The molecule has 2 rings (SSSR count). The van der Waals surface area contributed by atoms with Gasteiger partial charge in [0.25, 0.3) is 0 Å². The molecule has 1 fully saturated rings. The van der Waals surface area contributed by atoms with Crippen LogP contribution < -0.4 is 10.6 Å². The van der Waals surface area contributed by atoms with Crippen LogP contribution in [-0.4, -0.2) is 29.1 Å². The Bertz CT molecular complexity index is 536. The van der Waals surface area contributed by atoms with Gasteiger partial charge in [0.2, 0.25) is 11.8 Å². The Morgan fingerprint density at radius 3 is 2.64 bits per heavy atom. The van der Waals surface area contributed by atoms with Crippen LogP contribution in [0.5, 0.6) is 0 Å².